The molecule has 1 N–H and O–H groups in total. The molecule has 1 saturated heterocycles. The van der Waals surface area contributed by atoms with Crippen molar-refractivity contribution in [1.29, 1.82) is 0 Å². The Morgan fingerprint density at radius 2 is 1.55 bits per heavy atom. The Bertz CT molecular complexity index is 1370. The summed E-state index contributed by atoms with van der Waals surface area (Å²) in [6.07, 6.45) is -0.0156. The quantitative estimate of drug-likeness (QED) is 0.218. The second-order valence-corrected chi connectivity index (χ2v) is 9.75. The van der Waals surface area contributed by atoms with Gasteiger partial charge in [-0.15, -0.1) is 0 Å². The van der Waals surface area contributed by atoms with Crippen LogP contribution in [-0.2, 0) is 9.59 Å². The molecular weight excluding hydrogens is 482 g/mol. The highest BCUT2D eigenvalue weighted by Crippen LogP contribution is 2.43. The van der Waals surface area contributed by atoms with Crippen molar-refractivity contribution in [2.24, 2.45) is 0 Å². The molecule has 0 radical (unpaired) electrons. The maximum atomic E-state index is 13.5. The van der Waals surface area contributed by atoms with Gasteiger partial charge in [0.2, 0.25) is 0 Å². The van der Waals surface area contributed by atoms with Gasteiger partial charge in [0.1, 0.15) is 23.0 Å². The van der Waals surface area contributed by atoms with E-state index in [1.165, 1.54) is 12.0 Å². The lowest BCUT2D eigenvalue weighted by molar-refractivity contribution is -0.132. The monoisotopic (exact) mass is 515 g/mol. The Hall–Kier alpha value is -4.26. The van der Waals surface area contributed by atoms with Crippen LogP contribution in [0.2, 0.25) is 0 Å². The van der Waals surface area contributed by atoms with Crippen LogP contribution < -0.4 is 19.1 Å². The molecule has 7 nitrogen and oxygen atoms in total. The molecule has 1 unspecified atom stereocenters. The van der Waals surface area contributed by atoms with E-state index in [-0.39, 0.29) is 23.5 Å². The predicted octanol–water partition coefficient (Wildman–Crippen LogP) is 6.20. The molecule has 0 spiro atoms. The topological polar surface area (TPSA) is 85.3 Å². The first-order valence-corrected chi connectivity index (χ1v) is 12.6. The number of aliphatic hydroxyl groups is 1. The van der Waals surface area contributed by atoms with E-state index in [2.05, 4.69) is 0 Å². The standard InChI is InChI=1S/C31H33NO6/c1-18(2)37-24-13-10-21(11-14-24)28-27(29(33)22-12-15-26(20(5)16-22)38-19(3)4)30(34)31(35)32(28)23-8-7-9-25(17-23)36-6/h7-19,28,33H,1-6H3/b29-27-. The van der Waals surface area contributed by atoms with Crippen molar-refractivity contribution in [3.8, 4) is 17.2 Å². The lowest BCUT2D eigenvalue weighted by atomic mass is 9.94. The number of hydrogen-bond donors (Lipinski definition) is 1. The molecule has 4 rings (SSSR count). The second-order valence-electron chi connectivity index (χ2n) is 9.75. The van der Waals surface area contributed by atoms with Crippen molar-refractivity contribution in [3.05, 3.63) is 89.0 Å². The molecule has 1 heterocycles. The first-order valence-electron chi connectivity index (χ1n) is 12.6. The first kappa shape index (κ1) is 26.8. The summed E-state index contributed by atoms with van der Waals surface area (Å²) in [6.45, 7) is 9.61. The molecule has 1 aliphatic rings. The molecule has 198 valence electrons. The first-order chi connectivity index (χ1) is 18.1. The number of benzene rings is 3. The lowest BCUT2D eigenvalue weighted by Crippen LogP contribution is -2.29. The van der Waals surface area contributed by atoms with Gasteiger partial charge in [-0.25, -0.2) is 0 Å². The third kappa shape index (κ3) is 5.37. The van der Waals surface area contributed by atoms with Gasteiger partial charge in [0.05, 0.1) is 30.9 Å². The van der Waals surface area contributed by atoms with E-state index in [1.807, 2.05) is 34.6 Å². The number of rotatable bonds is 8. The maximum absolute atomic E-state index is 13.5. The fourth-order valence-corrected chi connectivity index (χ4v) is 4.51. The van der Waals surface area contributed by atoms with Crippen molar-refractivity contribution in [2.75, 3.05) is 12.0 Å². The zero-order valence-corrected chi connectivity index (χ0v) is 22.5. The molecular formula is C31H33NO6. The number of ketones is 1. The van der Waals surface area contributed by atoms with Gasteiger partial charge in [-0.3, -0.25) is 14.5 Å². The van der Waals surface area contributed by atoms with Crippen LogP contribution in [0.1, 0.15) is 50.4 Å². The van der Waals surface area contributed by atoms with Gasteiger partial charge >= 0.3 is 0 Å². The Morgan fingerprint density at radius 3 is 2.16 bits per heavy atom. The highest BCUT2D eigenvalue weighted by Gasteiger charge is 2.47. The summed E-state index contributed by atoms with van der Waals surface area (Å²) in [5.41, 5.74) is 2.37. The molecule has 38 heavy (non-hydrogen) atoms. The smallest absolute Gasteiger partial charge is 0.300 e. The van der Waals surface area contributed by atoms with Gasteiger partial charge in [0, 0.05) is 17.3 Å². The minimum absolute atomic E-state index is 0.00541. The van der Waals surface area contributed by atoms with E-state index in [0.717, 1.165) is 5.56 Å². The SMILES string of the molecule is COc1cccc(N2C(=O)C(=O)/C(=C(\O)c3ccc(OC(C)C)c(C)c3)C2c2ccc(OC(C)C)cc2)c1. The molecule has 0 saturated carbocycles. The third-order valence-electron chi connectivity index (χ3n) is 6.15. The highest BCUT2D eigenvalue weighted by molar-refractivity contribution is 6.51. The van der Waals surface area contributed by atoms with Crippen molar-refractivity contribution >= 4 is 23.1 Å². The lowest BCUT2D eigenvalue weighted by Gasteiger charge is -2.26. The second kappa shape index (κ2) is 11.0. The molecule has 0 aliphatic carbocycles. The molecule has 7 heteroatoms. The van der Waals surface area contributed by atoms with Crippen LogP contribution >= 0.6 is 0 Å². The molecule has 3 aromatic carbocycles. The summed E-state index contributed by atoms with van der Waals surface area (Å²) >= 11 is 0. The highest BCUT2D eigenvalue weighted by atomic mass is 16.5. The number of hydrogen-bond acceptors (Lipinski definition) is 6. The number of anilines is 1. The summed E-state index contributed by atoms with van der Waals surface area (Å²) < 4.78 is 16.9. The number of ether oxygens (including phenoxy) is 3. The number of carbonyl (C=O) groups is 2. The van der Waals surface area contributed by atoms with Crippen molar-refractivity contribution in [1.82, 2.24) is 0 Å². The Labute approximate surface area is 223 Å². The normalized spacial score (nSPS) is 16.8. The number of methoxy groups -OCH3 is 1. The van der Waals surface area contributed by atoms with Crippen molar-refractivity contribution in [3.63, 3.8) is 0 Å². The van der Waals surface area contributed by atoms with Gasteiger partial charge in [0.25, 0.3) is 11.7 Å². The van der Waals surface area contributed by atoms with Gasteiger partial charge in [-0.05, 0) is 88.2 Å². The third-order valence-corrected chi connectivity index (χ3v) is 6.15. The van der Waals surface area contributed by atoms with Crippen molar-refractivity contribution in [2.45, 2.75) is 52.9 Å². The molecule has 0 bridgehead atoms. The number of Topliss-reactive ketones (excluding diaryl/α,β-unsaturated/α-hetero) is 1. The number of amides is 1. The van der Waals surface area contributed by atoms with Crippen LogP contribution in [0, 0.1) is 6.92 Å². The largest absolute Gasteiger partial charge is 0.507 e. The van der Waals surface area contributed by atoms with E-state index < -0.39 is 17.7 Å². The van der Waals surface area contributed by atoms with Crippen LogP contribution in [0.25, 0.3) is 5.76 Å². The number of nitrogens with zero attached hydrogens (tertiary/aromatic N) is 1. The van der Waals surface area contributed by atoms with Gasteiger partial charge < -0.3 is 19.3 Å². The Morgan fingerprint density at radius 1 is 0.868 bits per heavy atom. The zero-order chi connectivity index (χ0) is 27.6. The number of carbonyl (C=O) groups excluding carboxylic acids is 2. The van der Waals surface area contributed by atoms with Crippen LogP contribution in [0.15, 0.2) is 72.3 Å². The molecule has 1 aliphatic heterocycles. The van der Waals surface area contributed by atoms with Crippen LogP contribution in [0.5, 0.6) is 17.2 Å². The molecule has 1 amide bonds. The molecule has 0 aromatic heterocycles. The van der Waals surface area contributed by atoms with E-state index in [4.69, 9.17) is 14.2 Å². The van der Waals surface area contributed by atoms with Crippen LogP contribution in [0.4, 0.5) is 5.69 Å². The maximum Gasteiger partial charge on any atom is 0.300 e. The van der Waals surface area contributed by atoms with Crippen LogP contribution in [0.3, 0.4) is 0 Å². The fraction of sp³-hybridized carbons (Fsp3) is 0.290. The zero-order valence-electron chi connectivity index (χ0n) is 22.5. The average molecular weight is 516 g/mol. The van der Waals surface area contributed by atoms with E-state index in [1.54, 1.807) is 66.7 Å². The molecule has 1 atom stereocenters. The average Bonchev–Trinajstić information content (AvgIpc) is 3.15. The Kier molecular flexibility index (Phi) is 7.76. The minimum atomic E-state index is -0.859. The number of aliphatic hydroxyl groups excluding tert-OH is 1. The van der Waals surface area contributed by atoms with Gasteiger partial charge in [-0.1, -0.05) is 18.2 Å². The van der Waals surface area contributed by atoms with E-state index in [9.17, 15) is 14.7 Å². The van der Waals surface area contributed by atoms with E-state index in [0.29, 0.717) is 34.1 Å². The van der Waals surface area contributed by atoms with Gasteiger partial charge in [-0.2, -0.15) is 0 Å². The summed E-state index contributed by atoms with van der Waals surface area (Å²) in [4.78, 5) is 28.3. The van der Waals surface area contributed by atoms with Gasteiger partial charge in [0.15, 0.2) is 0 Å². The Balaban J connectivity index is 1.87. The fourth-order valence-electron chi connectivity index (χ4n) is 4.51. The van der Waals surface area contributed by atoms with Crippen molar-refractivity contribution < 1.29 is 28.9 Å². The molecule has 1 fully saturated rings. The minimum Gasteiger partial charge on any atom is -0.507 e. The summed E-state index contributed by atoms with van der Waals surface area (Å²) in [7, 11) is 1.53. The van der Waals surface area contributed by atoms with Crippen LogP contribution in [-0.4, -0.2) is 36.1 Å². The van der Waals surface area contributed by atoms with E-state index >= 15 is 0 Å². The summed E-state index contributed by atoms with van der Waals surface area (Å²) in [6, 6.07) is 18.5. The predicted molar refractivity (Wildman–Crippen MR) is 147 cm³/mol. The summed E-state index contributed by atoms with van der Waals surface area (Å²) in [5.74, 6) is 0.145. The molecule has 3 aromatic rings. The number of aryl methyl sites for hydroxylation is 1. The summed E-state index contributed by atoms with van der Waals surface area (Å²) in [5, 5.41) is 11.5.